The highest BCUT2D eigenvalue weighted by Gasteiger charge is 2.51. The van der Waals surface area contributed by atoms with Gasteiger partial charge in [0.1, 0.15) is 0 Å². The van der Waals surface area contributed by atoms with Crippen molar-refractivity contribution in [2.75, 3.05) is 33.4 Å². The molecule has 3 atom stereocenters. The fourth-order valence-electron chi connectivity index (χ4n) is 3.45. The summed E-state index contributed by atoms with van der Waals surface area (Å²) in [4.78, 5) is 14.2. The summed E-state index contributed by atoms with van der Waals surface area (Å²) in [5, 5.41) is 3.23. The monoisotopic (exact) mass is 334 g/mol. The molecule has 5 nitrogen and oxygen atoms in total. The molecule has 1 amide bonds. The molecular formula is C16H31ClN2O3. The molecule has 0 aromatic rings. The van der Waals surface area contributed by atoms with Crippen LogP contribution in [0, 0.1) is 5.41 Å². The van der Waals surface area contributed by atoms with E-state index in [4.69, 9.17) is 9.47 Å². The average Bonchev–Trinajstić information content (AvgIpc) is 2.95. The van der Waals surface area contributed by atoms with Gasteiger partial charge in [0, 0.05) is 38.3 Å². The minimum atomic E-state index is 0. The molecule has 1 N–H and O–H groups in total. The number of carbonyl (C=O) groups excluding carboxylic acids is 1. The highest BCUT2D eigenvalue weighted by molar-refractivity contribution is 5.85. The highest BCUT2D eigenvalue weighted by Crippen LogP contribution is 2.45. The van der Waals surface area contributed by atoms with Gasteiger partial charge in [-0.05, 0) is 26.2 Å². The number of rotatable bonds is 7. The summed E-state index contributed by atoms with van der Waals surface area (Å²) in [6.45, 7) is 9.15. The van der Waals surface area contributed by atoms with E-state index in [0.29, 0.717) is 6.54 Å². The Morgan fingerprint density at radius 3 is 2.73 bits per heavy atom. The van der Waals surface area contributed by atoms with Crippen molar-refractivity contribution in [1.29, 1.82) is 0 Å². The molecule has 0 spiro atoms. The number of halogens is 1. The summed E-state index contributed by atoms with van der Waals surface area (Å²) in [5.74, 6) is 0.154. The van der Waals surface area contributed by atoms with Gasteiger partial charge in [-0.15, -0.1) is 12.4 Å². The molecule has 2 fully saturated rings. The molecule has 1 aliphatic heterocycles. The zero-order valence-electron chi connectivity index (χ0n) is 14.3. The second-order valence-electron chi connectivity index (χ2n) is 6.79. The molecule has 1 saturated carbocycles. The fourth-order valence-corrected chi connectivity index (χ4v) is 3.45. The van der Waals surface area contributed by atoms with Crippen LogP contribution in [0.3, 0.4) is 0 Å². The van der Waals surface area contributed by atoms with Crippen LogP contribution < -0.4 is 5.32 Å². The van der Waals surface area contributed by atoms with E-state index in [1.165, 1.54) is 0 Å². The van der Waals surface area contributed by atoms with Crippen LogP contribution in [-0.2, 0) is 14.3 Å². The minimum absolute atomic E-state index is 0. The predicted octanol–water partition coefficient (Wildman–Crippen LogP) is 1.84. The van der Waals surface area contributed by atoms with Gasteiger partial charge in [-0.1, -0.05) is 13.8 Å². The highest BCUT2D eigenvalue weighted by atomic mass is 35.5. The lowest BCUT2D eigenvalue weighted by atomic mass is 9.64. The standard InChI is InChI=1S/C16H30N2O3.ClH/c1-5-20-14-9-13(16(14,2)3)18(4)15(19)11-17-10-12-7-6-8-21-12;/h12-14,17H,5-11H2,1-4H3;1H. The number of hydrogen-bond donors (Lipinski definition) is 1. The van der Waals surface area contributed by atoms with Gasteiger partial charge in [0.15, 0.2) is 0 Å². The van der Waals surface area contributed by atoms with Crippen molar-refractivity contribution in [3.05, 3.63) is 0 Å². The molecule has 2 aliphatic rings. The maximum absolute atomic E-state index is 12.3. The molecule has 3 unspecified atom stereocenters. The molecule has 1 saturated heterocycles. The van der Waals surface area contributed by atoms with Gasteiger partial charge < -0.3 is 19.7 Å². The Bertz CT molecular complexity index is 359. The Morgan fingerprint density at radius 1 is 1.45 bits per heavy atom. The summed E-state index contributed by atoms with van der Waals surface area (Å²) in [6.07, 6.45) is 3.72. The van der Waals surface area contributed by atoms with Crippen LogP contribution in [0.25, 0.3) is 0 Å². The lowest BCUT2D eigenvalue weighted by Crippen LogP contribution is -2.63. The fraction of sp³-hybridized carbons (Fsp3) is 0.938. The second-order valence-corrected chi connectivity index (χ2v) is 6.79. The first-order valence-corrected chi connectivity index (χ1v) is 8.16. The Balaban J connectivity index is 0.00000242. The molecule has 0 radical (unpaired) electrons. The Kier molecular flexibility index (Phi) is 7.59. The largest absolute Gasteiger partial charge is 0.378 e. The van der Waals surface area contributed by atoms with Crippen LogP contribution in [-0.4, -0.2) is 62.4 Å². The van der Waals surface area contributed by atoms with Crippen LogP contribution >= 0.6 is 12.4 Å². The summed E-state index contributed by atoms with van der Waals surface area (Å²) in [7, 11) is 1.91. The van der Waals surface area contributed by atoms with E-state index in [1.54, 1.807) is 0 Å². The normalized spacial score (nSPS) is 29.5. The third-order valence-corrected chi connectivity index (χ3v) is 5.03. The van der Waals surface area contributed by atoms with Gasteiger partial charge >= 0.3 is 0 Å². The van der Waals surface area contributed by atoms with Crippen LogP contribution in [0.5, 0.6) is 0 Å². The van der Waals surface area contributed by atoms with Crippen LogP contribution in [0.15, 0.2) is 0 Å². The first-order chi connectivity index (χ1) is 9.96. The van der Waals surface area contributed by atoms with Crippen LogP contribution in [0.1, 0.15) is 40.0 Å². The van der Waals surface area contributed by atoms with Crippen LogP contribution in [0.4, 0.5) is 0 Å². The van der Waals surface area contributed by atoms with E-state index in [2.05, 4.69) is 19.2 Å². The van der Waals surface area contributed by atoms with Crippen LogP contribution in [0.2, 0.25) is 0 Å². The zero-order valence-corrected chi connectivity index (χ0v) is 15.1. The number of nitrogens with zero attached hydrogens (tertiary/aromatic N) is 1. The number of hydrogen-bond acceptors (Lipinski definition) is 4. The smallest absolute Gasteiger partial charge is 0.236 e. The van der Waals surface area contributed by atoms with Gasteiger partial charge in [0.2, 0.25) is 5.91 Å². The summed E-state index contributed by atoms with van der Waals surface area (Å²) in [6, 6.07) is 0.270. The van der Waals surface area contributed by atoms with Gasteiger partial charge in [-0.25, -0.2) is 0 Å². The molecule has 1 heterocycles. The first kappa shape index (κ1) is 19.7. The summed E-state index contributed by atoms with van der Waals surface area (Å²) in [5.41, 5.74) is 0.0367. The van der Waals surface area contributed by atoms with E-state index in [-0.39, 0.29) is 42.0 Å². The minimum Gasteiger partial charge on any atom is -0.378 e. The van der Waals surface area contributed by atoms with Crippen molar-refractivity contribution in [3.63, 3.8) is 0 Å². The van der Waals surface area contributed by atoms with Gasteiger partial charge in [0.05, 0.1) is 18.8 Å². The Morgan fingerprint density at radius 2 is 2.18 bits per heavy atom. The predicted molar refractivity (Wildman–Crippen MR) is 89.5 cm³/mol. The van der Waals surface area contributed by atoms with Crippen molar-refractivity contribution in [3.8, 4) is 0 Å². The van der Waals surface area contributed by atoms with E-state index in [1.807, 2.05) is 18.9 Å². The van der Waals surface area contributed by atoms with Crippen molar-refractivity contribution in [2.24, 2.45) is 5.41 Å². The zero-order chi connectivity index (χ0) is 15.5. The van der Waals surface area contributed by atoms with E-state index >= 15 is 0 Å². The molecule has 0 aromatic carbocycles. The quantitative estimate of drug-likeness (QED) is 0.772. The van der Waals surface area contributed by atoms with Gasteiger partial charge in [0.25, 0.3) is 0 Å². The molecule has 130 valence electrons. The molecular weight excluding hydrogens is 304 g/mol. The molecule has 0 bridgehead atoms. The topological polar surface area (TPSA) is 50.8 Å². The van der Waals surface area contributed by atoms with Crippen molar-refractivity contribution in [2.45, 2.75) is 58.3 Å². The number of likely N-dealkylation sites (N-methyl/N-ethyl adjacent to an activating group) is 1. The third kappa shape index (κ3) is 4.34. The molecule has 0 aromatic heterocycles. The molecule has 6 heteroatoms. The van der Waals surface area contributed by atoms with Crippen molar-refractivity contribution >= 4 is 18.3 Å². The Hall–Kier alpha value is -0.360. The lowest BCUT2D eigenvalue weighted by Gasteiger charge is -2.54. The molecule has 22 heavy (non-hydrogen) atoms. The lowest BCUT2D eigenvalue weighted by molar-refractivity contribution is -0.162. The SMILES string of the molecule is CCOC1CC(N(C)C(=O)CNCC2CCCO2)C1(C)C.Cl. The van der Waals surface area contributed by atoms with E-state index in [9.17, 15) is 4.79 Å². The Labute approximate surface area is 140 Å². The number of carbonyl (C=O) groups is 1. The maximum atomic E-state index is 12.3. The third-order valence-electron chi connectivity index (χ3n) is 5.03. The van der Waals surface area contributed by atoms with Crippen molar-refractivity contribution < 1.29 is 14.3 Å². The van der Waals surface area contributed by atoms with Gasteiger partial charge in [-0.2, -0.15) is 0 Å². The van der Waals surface area contributed by atoms with Gasteiger partial charge in [-0.3, -0.25) is 4.79 Å². The first-order valence-electron chi connectivity index (χ1n) is 8.16. The van der Waals surface area contributed by atoms with E-state index < -0.39 is 0 Å². The second kappa shape index (κ2) is 8.48. The summed E-state index contributed by atoms with van der Waals surface area (Å²) >= 11 is 0. The number of ether oxygens (including phenoxy) is 2. The number of amides is 1. The maximum Gasteiger partial charge on any atom is 0.236 e. The average molecular weight is 335 g/mol. The molecule has 1 aliphatic carbocycles. The number of nitrogens with one attached hydrogen (secondary N) is 1. The van der Waals surface area contributed by atoms with Crippen molar-refractivity contribution in [1.82, 2.24) is 10.2 Å². The summed E-state index contributed by atoms with van der Waals surface area (Å²) < 4.78 is 11.3. The van der Waals surface area contributed by atoms with E-state index in [0.717, 1.165) is 39.0 Å². The molecule has 2 rings (SSSR count).